The zero-order valence-electron chi connectivity index (χ0n) is 9.06. The van der Waals surface area contributed by atoms with E-state index in [-0.39, 0.29) is 5.78 Å². The molecule has 0 atom stereocenters. The van der Waals surface area contributed by atoms with E-state index < -0.39 is 0 Å². The highest BCUT2D eigenvalue weighted by molar-refractivity contribution is 5.93. The number of rotatable bonds is 3. The minimum Gasteiger partial charge on any atom is -0.496 e. The molecule has 0 unspecified atom stereocenters. The van der Waals surface area contributed by atoms with Crippen LogP contribution in [0.2, 0.25) is 0 Å². The highest BCUT2D eigenvalue weighted by Crippen LogP contribution is 2.29. The molecule has 0 radical (unpaired) electrons. The number of ether oxygens (including phenoxy) is 1. The zero-order valence-corrected chi connectivity index (χ0v) is 9.06. The molecule has 0 spiro atoms. The first-order valence-electron chi connectivity index (χ1n) is 4.83. The van der Waals surface area contributed by atoms with Crippen LogP contribution in [-0.2, 0) is 0 Å². The molecule has 2 aromatic rings. The molecule has 4 heteroatoms. The minimum atomic E-state index is -0.120. The summed E-state index contributed by atoms with van der Waals surface area (Å²) in [7, 11) is 1.58. The van der Waals surface area contributed by atoms with Crippen LogP contribution in [0.1, 0.15) is 17.4 Å². The molecular weight excluding hydrogens is 206 g/mol. The van der Waals surface area contributed by atoms with Crippen molar-refractivity contribution in [2.45, 2.75) is 6.92 Å². The molecule has 0 fully saturated rings. The van der Waals surface area contributed by atoms with Crippen LogP contribution in [0.5, 0.6) is 5.75 Å². The van der Waals surface area contributed by atoms with Crippen LogP contribution in [0.3, 0.4) is 0 Å². The summed E-state index contributed by atoms with van der Waals surface area (Å²) in [5.74, 6) is 1.10. The number of carbonyl (C=O) groups excluding carboxylic acids is 1. The fraction of sp³-hybridized carbons (Fsp3) is 0.167. The Bertz CT molecular complexity index is 516. The number of hydrogen-bond acceptors (Lipinski definition) is 4. The van der Waals surface area contributed by atoms with Gasteiger partial charge in [-0.15, -0.1) is 0 Å². The van der Waals surface area contributed by atoms with Gasteiger partial charge >= 0.3 is 0 Å². The summed E-state index contributed by atoms with van der Waals surface area (Å²) in [5.41, 5.74) is 1.10. The Morgan fingerprint density at radius 3 is 2.75 bits per heavy atom. The summed E-state index contributed by atoms with van der Waals surface area (Å²) in [4.78, 5) is 11.1. The fourth-order valence-electron chi connectivity index (χ4n) is 1.42. The van der Waals surface area contributed by atoms with Crippen LogP contribution in [0.25, 0.3) is 11.3 Å². The Labute approximate surface area is 92.8 Å². The molecule has 0 aliphatic rings. The number of nitrogens with zero attached hydrogens (tertiary/aromatic N) is 1. The molecular formula is C12H11NO3. The summed E-state index contributed by atoms with van der Waals surface area (Å²) in [6, 6.07) is 9.02. The number of Topliss-reactive ketones (excluding diaryl/α,β-unsaturated/α-hetero) is 1. The monoisotopic (exact) mass is 217 g/mol. The molecule has 82 valence electrons. The molecule has 0 N–H and O–H groups in total. The van der Waals surface area contributed by atoms with E-state index in [1.165, 1.54) is 6.92 Å². The van der Waals surface area contributed by atoms with Crippen molar-refractivity contribution >= 4 is 5.78 Å². The summed E-state index contributed by atoms with van der Waals surface area (Å²) < 4.78 is 10.3. The number of benzene rings is 1. The minimum absolute atomic E-state index is 0.120. The first-order valence-corrected chi connectivity index (χ1v) is 4.83. The Morgan fingerprint density at radius 2 is 2.12 bits per heavy atom. The van der Waals surface area contributed by atoms with Crippen molar-refractivity contribution < 1.29 is 14.1 Å². The third-order valence-corrected chi connectivity index (χ3v) is 2.24. The molecule has 0 saturated heterocycles. The van der Waals surface area contributed by atoms with Crippen LogP contribution in [0.4, 0.5) is 0 Å². The summed E-state index contributed by atoms with van der Waals surface area (Å²) in [6.45, 7) is 1.45. The van der Waals surface area contributed by atoms with Gasteiger partial charge in [-0.2, -0.15) is 0 Å². The number of hydrogen-bond donors (Lipinski definition) is 0. The average Bonchev–Trinajstić information content (AvgIpc) is 2.78. The maximum absolute atomic E-state index is 11.1. The maximum Gasteiger partial charge on any atom is 0.181 e. The first-order chi connectivity index (χ1) is 7.72. The number of carbonyl (C=O) groups is 1. The molecule has 0 aliphatic carbocycles. The van der Waals surface area contributed by atoms with Gasteiger partial charge in [0, 0.05) is 13.0 Å². The van der Waals surface area contributed by atoms with Crippen LogP contribution in [-0.4, -0.2) is 18.0 Å². The normalized spacial score (nSPS) is 10.1. The summed E-state index contributed by atoms with van der Waals surface area (Å²) in [6.07, 6.45) is 0. The number of para-hydroxylation sites is 1. The van der Waals surface area contributed by atoms with Crippen molar-refractivity contribution in [1.82, 2.24) is 5.16 Å². The highest BCUT2D eigenvalue weighted by Gasteiger charge is 2.12. The lowest BCUT2D eigenvalue weighted by Gasteiger charge is -2.03. The quantitative estimate of drug-likeness (QED) is 0.741. The van der Waals surface area contributed by atoms with Gasteiger partial charge in [-0.3, -0.25) is 4.79 Å². The van der Waals surface area contributed by atoms with Crippen molar-refractivity contribution in [2.75, 3.05) is 7.11 Å². The van der Waals surface area contributed by atoms with Crippen LogP contribution in [0.15, 0.2) is 34.9 Å². The summed E-state index contributed by atoms with van der Waals surface area (Å²) >= 11 is 0. The molecule has 0 amide bonds. The SMILES string of the molecule is COc1ccccc1-c1cc(C(C)=O)no1. The molecule has 0 aliphatic heterocycles. The third-order valence-electron chi connectivity index (χ3n) is 2.24. The Hall–Kier alpha value is -2.10. The van der Waals surface area contributed by atoms with Crippen molar-refractivity contribution in [3.8, 4) is 17.1 Å². The molecule has 1 heterocycles. The van der Waals surface area contributed by atoms with Crippen molar-refractivity contribution in [1.29, 1.82) is 0 Å². The van der Waals surface area contributed by atoms with Gasteiger partial charge < -0.3 is 9.26 Å². The van der Waals surface area contributed by atoms with Crippen LogP contribution in [0, 0.1) is 0 Å². The maximum atomic E-state index is 11.1. The Morgan fingerprint density at radius 1 is 1.38 bits per heavy atom. The molecule has 1 aromatic carbocycles. The van der Waals surface area contributed by atoms with Gasteiger partial charge in [0.2, 0.25) is 0 Å². The van der Waals surface area contributed by atoms with Gasteiger partial charge in [-0.1, -0.05) is 17.3 Å². The van der Waals surface area contributed by atoms with E-state index in [1.54, 1.807) is 13.2 Å². The predicted molar refractivity (Wildman–Crippen MR) is 58.5 cm³/mol. The van der Waals surface area contributed by atoms with E-state index in [1.807, 2.05) is 24.3 Å². The third kappa shape index (κ3) is 1.82. The second kappa shape index (κ2) is 4.18. The molecule has 1 aromatic heterocycles. The lowest BCUT2D eigenvalue weighted by atomic mass is 10.1. The first kappa shape index (κ1) is 10.4. The number of aromatic nitrogens is 1. The van der Waals surface area contributed by atoms with Gasteiger partial charge in [-0.05, 0) is 12.1 Å². The van der Waals surface area contributed by atoms with E-state index in [9.17, 15) is 4.79 Å². The second-order valence-electron chi connectivity index (χ2n) is 3.33. The standard InChI is InChI=1S/C12H11NO3/c1-8(14)10-7-12(16-13-10)9-5-3-4-6-11(9)15-2/h3-7H,1-2H3. The van der Waals surface area contributed by atoms with Gasteiger partial charge in [-0.25, -0.2) is 0 Å². The van der Waals surface area contributed by atoms with Crippen molar-refractivity contribution in [3.05, 3.63) is 36.0 Å². The largest absolute Gasteiger partial charge is 0.496 e. The van der Waals surface area contributed by atoms with Gasteiger partial charge in [0.1, 0.15) is 11.4 Å². The van der Waals surface area contributed by atoms with Crippen LogP contribution >= 0.6 is 0 Å². The molecule has 2 rings (SSSR count). The van der Waals surface area contributed by atoms with E-state index in [0.717, 1.165) is 5.56 Å². The average molecular weight is 217 g/mol. The second-order valence-corrected chi connectivity index (χ2v) is 3.33. The predicted octanol–water partition coefficient (Wildman–Crippen LogP) is 2.55. The van der Waals surface area contributed by atoms with Gasteiger partial charge in [0.25, 0.3) is 0 Å². The fourth-order valence-corrected chi connectivity index (χ4v) is 1.42. The molecule has 0 saturated carbocycles. The van der Waals surface area contributed by atoms with E-state index in [2.05, 4.69) is 5.16 Å². The van der Waals surface area contributed by atoms with E-state index in [0.29, 0.717) is 17.2 Å². The van der Waals surface area contributed by atoms with Crippen molar-refractivity contribution in [3.63, 3.8) is 0 Å². The smallest absolute Gasteiger partial charge is 0.181 e. The lowest BCUT2D eigenvalue weighted by molar-refractivity contribution is 0.100. The van der Waals surface area contributed by atoms with Crippen LogP contribution < -0.4 is 4.74 Å². The Balaban J connectivity index is 2.46. The van der Waals surface area contributed by atoms with E-state index >= 15 is 0 Å². The van der Waals surface area contributed by atoms with E-state index in [4.69, 9.17) is 9.26 Å². The van der Waals surface area contributed by atoms with Crippen molar-refractivity contribution in [2.24, 2.45) is 0 Å². The lowest BCUT2D eigenvalue weighted by Crippen LogP contribution is -1.89. The van der Waals surface area contributed by atoms with Gasteiger partial charge in [0.15, 0.2) is 11.5 Å². The van der Waals surface area contributed by atoms with Gasteiger partial charge in [0.05, 0.1) is 12.7 Å². The highest BCUT2D eigenvalue weighted by atomic mass is 16.5. The number of ketones is 1. The topological polar surface area (TPSA) is 52.3 Å². The zero-order chi connectivity index (χ0) is 11.5. The Kier molecular flexibility index (Phi) is 2.72. The number of methoxy groups -OCH3 is 1. The molecule has 4 nitrogen and oxygen atoms in total. The molecule has 0 bridgehead atoms. The molecule has 16 heavy (non-hydrogen) atoms. The summed E-state index contributed by atoms with van der Waals surface area (Å²) in [5, 5.41) is 3.69.